The first kappa shape index (κ1) is 14.1. The van der Waals surface area contributed by atoms with Gasteiger partial charge in [-0.05, 0) is 40.6 Å². The summed E-state index contributed by atoms with van der Waals surface area (Å²) in [4.78, 5) is 12.0. The second-order valence-electron chi connectivity index (χ2n) is 5.01. The second kappa shape index (κ2) is 6.31. The molecule has 22 heavy (non-hydrogen) atoms. The maximum absolute atomic E-state index is 12.0. The van der Waals surface area contributed by atoms with E-state index in [1.165, 1.54) is 0 Å². The summed E-state index contributed by atoms with van der Waals surface area (Å²) in [5, 5.41) is 2.18. The molecule has 0 aliphatic heterocycles. The summed E-state index contributed by atoms with van der Waals surface area (Å²) in [7, 11) is 1.61. The average molecular weight is 292 g/mol. The lowest BCUT2D eigenvalue weighted by atomic mass is 10.1. The van der Waals surface area contributed by atoms with Crippen LogP contribution in [0.2, 0.25) is 0 Å². The van der Waals surface area contributed by atoms with Crippen LogP contribution in [0, 0.1) is 0 Å². The minimum Gasteiger partial charge on any atom is -0.497 e. The number of fused-ring (bicyclic) bond motifs is 1. The maximum atomic E-state index is 12.0. The molecule has 0 bridgehead atoms. The molecule has 0 radical (unpaired) electrons. The molecule has 0 fully saturated rings. The Kier molecular flexibility index (Phi) is 4.05. The zero-order valence-corrected chi connectivity index (χ0v) is 12.3. The second-order valence-corrected chi connectivity index (χ2v) is 5.01. The van der Waals surface area contributed by atoms with Crippen LogP contribution in [0.25, 0.3) is 10.8 Å². The van der Waals surface area contributed by atoms with Crippen molar-refractivity contribution in [3.63, 3.8) is 0 Å². The third kappa shape index (κ3) is 3.26. The summed E-state index contributed by atoms with van der Waals surface area (Å²) in [5.74, 6) is 1.06. The van der Waals surface area contributed by atoms with Crippen molar-refractivity contribution in [2.45, 2.75) is 6.42 Å². The van der Waals surface area contributed by atoms with Gasteiger partial charge >= 0.3 is 5.97 Å². The molecule has 0 saturated carbocycles. The smallest absolute Gasteiger partial charge is 0.315 e. The highest BCUT2D eigenvalue weighted by atomic mass is 16.5. The van der Waals surface area contributed by atoms with Crippen molar-refractivity contribution in [1.82, 2.24) is 0 Å². The summed E-state index contributed by atoms with van der Waals surface area (Å²) in [6.07, 6.45) is 0.233. The predicted octanol–water partition coefficient (Wildman–Crippen LogP) is 4.00. The number of benzene rings is 3. The highest BCUT2D eigenvalue weighted by Crippen LogP contribution is 2.21. The largest absolute Gasteiger partial charge is 0.497 e. The Morgan fingerprint density at radius 2 is 1.55 bits per heavy atom. The summed E-state index contributed by atoms with van der Waals surface area (Å²) in [5.41, 5.74) is 0.895. The van der Waals surface area contributed by atoms with Gasteiger partial charge in [-0.15, -0.1) is 0 Å². The standard InChI is InChI=1S/C19H16O3/c1-21-17-9-6-14(7-10-17)12-19(20)22-18-11-8-15-4-2-3-5-16(15)13-18/h2-11,13H,12H2,1H3. The Bertz CT molecular complexity index is 791. The number of esters is 1. The molecule has 3 nitrogen and oxygen atoms in total. The summed E-state index contributed by atoms with van der Waals surface area (Å²) in [6.45, 7) is 0. The van der Waals surface area contributed by atoms with E-state index < -0.39 is 0 Å². The number of methoxy groups -OCH3 is 1. The fraction of sp³-hybridized carbons (Fsp3) is 0.105. The van der Waals surface area contributed by atoms with Crippen molar-refractivity contribution in [3.05, 3.63) is 72.3 Å². The maximum Gasteiger partial charge on any atom is 0.315 e. The van der Waals surface area contributed by atoms with E-state index in [0.29, 0.717) is 5.75 Å². The number of rotatable bonds is 4. The fourth-order valence-corrected chi connectivity index (χ4v) is 2.31. The number of hydrogen-bond acceptors (Lipinski definition) is 3. The molecular weight excluding hydrogens is 276 g/mol. The Labute approximate surface area is 129 Å². The molecule has 0 amide bonds. The third-order valence-corrected chi connectivity index (χ3v) is 3.46. The molecule has 3 aromatic carbocycles. The van der Waals surface area contributed by atoms with Crippen LogP contribution in [0.15, 0.2) is 66.7 Å². The number of ether oxygens (including phenoxy) is 2. The first-order valence-corrected chi connectivity index (χ1v) is 7.07. The van der Waals surface area contributed by atoms with E-state index in [9.17, 15) is 4.79 Å². The topological polar surface area (TPSA) is 35.5 Å². The molecule has 0 aromatic heterocycles. The average Bonchev–Trinajstić information content (AvgIpc) is 2.55. The quantitative estimate of drug-likeness (QED) is 0.538. The van der Waals surface area contributed by atoms with Crippen LogP contribution in [-0.4, -0.2) is 13.1 Å². The minimum atomic E-state index is -0.277. The SMILES string of the molecule is COc1ccc(CC(=O)Oc2ccc3ccccc3c2)cc1. The Hall–Kier alpha value is -2.81. The molecular formula is C19H16O3. The molecule has 0 saturated heterocycles. The summed E-state index contributed by atoms with van der Waals surface area (Å²) >= 11 is 0. The molecule has 110 valence electrons. The Morgan fingerprint density at radius 3 is 2.27 bits per heavy atom. The van der Waals surface area contributed by atoms with Crippen molar-refractivity contribution >= 4 is 16.7 Å². The number of carbonyl (C=O) groups is 1. The third-order valence-electron chi connectivity index (χ3n) is 3.46. The first-order chi connectivity index (χ1) is 10.7. The minimum absolute atomic E-state index is 0.233. The van der Waals surface area contributed by atoms with Gasteiger partial charge < -0.3 is 9.47 Å². The fourth-order valence-electron chi connectivity index (χ4n) is 2.31. The van der Waals surface area contributed by atoms with Crippen LogP contribution < -0.4 is 9.47 Å². The van der Waals surface area contributed by atoms with Crippen LogP contribution in [0.4, 0.5) is 0 Å². The highest BCUT2D eigenvalue weighted by Gasteiger charge is 2.07. The highest BCUT2D eigenvalue weighted by molar-refractivity contribution is 5.85. The van der Waals surface area contributed by atoms with Gasteiger partial charge in [0, 0.05) is 0 Å². The van der Waals surface area contributed by atoms with Gasteiger partial charge in [0.2, 0.25) is 0 Å². The monoisotopic (exact) mass is 292 g/mol. The summed E-state index contributed by atoms with van der Waals surface area (Å²) < 4.78 is 10.5. The van der Waals surface area contributed by atoms with Crippen molar-refractivity contribution in [2.75, 3.05) is 7.11 Å². The Morgan fingerprint density at radius 1 is 0.864 bits per heavy atom. The van der Waals surface area contributed by atoms with Gasteiger partial charge in [-0.25, -0.2) is 0 Å². The van der Waals surface area contributed by atoms with E-state index in [4.69, 9.17) is 9.47 Å². The first-order valence-electron chi connectivity index (χ1n) is 7.07. The van der Waals surface area contributed by atoms with E-state index in [0.717, 1.165) is 22.1 Å². The van der Waals surface area contributed by atoms with Gasteiger partial charge in [0.05, 0.1) is 13.5 Å². The van der Waals surface area contributed by atoms with Gasteiger partial charge in [-0.2, -0.15) is 0 Å². The van der Waals surface area contributed by atoms with Crippen molar-refractivity contribution in [3.8, 4) is 11.5 Å². The van der Waals surface area contributed by atoms with Gasteiger partial charge in [0.15, 0.2) is 0 Å². The lowest BCUT2D eigenvalue weighted by Crippen LogP contribution is -2.11. The normalized spacial score (nSPS) is 10.4. The zero-order chi connectivity index (χ0) is 15.4. The van der Waals surface area contributed by atoms with Gasteiger partial charge in [0.25, 0.3) is 0 Å². The summed E-state index contributed by atoms with van der Waals surface area (Å²) in [6, 6.07) is 21.0. The molecule has 0 spiro atoms. The molecule has 3 heteroatoms. The van der Waals surface area contributed by atoms with Crippen LogP contribution >= 0.6 is 0 Å². The van der Waals surface area contributed by atoms with E-state index in [-0.39, 0.29) is 12.4 Å². The molecule has 0 N–H and O–H groups in total. The van der Waals surface area contributed by atoms with E-state index >= 15 is 0 Å². The van der Waals surface area contributed by atoms with Crippen molar-refractivity contribution < 1.29 is 14.3 Å². The van der Waals surface area contributed by atoms with E-state index in [1.807, 2.05) is 66.7 Å². The molecule has 0 aliphatic carbocycles. The van der Waals surface area contributed by atoms with E-state index in [2.05, 4.69) is 0 Å². The number of hydrogen-bond donors (Lipinski definition) is 0. The molecule has 0 atom stereocenters. The van der Waals surface area contributed by atoms with Crippen LogP contribution in [-0.2, 0) is 11.2 Å². The van der Waals surface area contributed by atoms with Crippen LogP contribution in [0.3, 0.4) is 0 Å². The molecule has 3 aromatic rings. The van der Waals surface area contributed by atoms with Crippen LogP contribution in [0.1, 0.15) is 5.56 Å². The lowest BCUT2D eigenvalue weighted by molar-refractivity contribution is -0.133. The van der Waals surface area contributed by atoms with Gasteiger partial charge in [-0.3, -0.25) is 4.79 Å². The Balaban J connectivity index is 1.69. The lowest BCUT2D eigenvalue weighted by Gasteiger charge is -2.06. The number of carbonyl (C=O) groups excluding carboxylic acids is 1. The molecule has 3 rings (SSSR count). The molecule has 0 heterocycles. The molecule has 0 unspecified atom stereocenters. The van der Waals surface area contributed by atoms with Crippen molar-refractivity contribution in [1.29, 1.82) is 0 Å². The van der Waals surface area contributed by atoms with E-state index in [1.54, 1.807) is 7.11 Å². The predicted molar refractivity (Wildman–Crippen MR) is 86.3 cm³/mol. The van der Waals surface area contributed by atoms with Crippen molar-refractivity contribution in [2.24, 2.45) is 0 Å². The van der Waals surface area contributed by atoms with Crippen LogP contribution in [0.5, 0.6) is 11.5 Å². The van der Waals surface area contributed by atoms with Gasteiger partial charge in [0.1, 0.15) is 11.5 Å². The zero-order valence-electron chi connectivity index (χ0n) is 12.3. The molecule has 0 aliphatic rings. The van der Waals surface area contributed by atoms with Gasteiger partial charge in [-0.1, -0.05) is 42.5 Å².